The van der Waals surface area contributed by atoms with Crippen molar-refractivity contribution in [1.29, 1.82) is 0 Å². The molecule has 3 rings (SSSR count). The molecule has 0 spiro atoms. The van der Waals surface area contributed by atoms with E-state index in [0.717, 1.165) is 28.3 Å². The fourth-order valence-electron chi connectivity index (χ4n) is 2.62. The molecule has 5 nitrogen and oxygen atoms in total. The van der Waals surface area contributed by atoms with Crippen molar-refractivity contribution in [3.05, 3.63) is 58.8 Å². The van der Waals surface area contributed by atoms with E-state index in [0.29, 0.717) is 17.5 Å². The summed E-state index contributed by atoms with van der Waals surface area (Å²) in [6.07, 6.45) is -2.86. The molecule has 0 atom stereocenters. The highest BCUT2D eigenvalue weighted by Gasteiger charge is 2.33. The van der Waals surface area contributed by atoms with E-state index in [9.17, 15) is 18.0 Å². The second-order valence-corrected chi connectivity index (χ2v) is 8.09. The number of amides is 1. The van der Waals surface area contributed by atoms with Gasteiger partial charge < -0.3 is 5.32 Å². The van der Waals surface area contributed by atoms with Gasteiger partial charge in [-0.3, -0.25) is 9.36 Å². The average molecular weight is 439 g/mol. The van der Waals surface area contributed by atoms with Gasteiger partial charge in [0.05, 0.1) is 17.0 Å². The van der Waals surface area contributed by atoms with Crippen molar-refractivity contribution < 1.29 is 18.0 Å². The van der Waals surface area contributed by atoms with Crippen LogP contribution in [0.2, 0.25) is 0 Å². The Morgan fingerprint density at radius 3 is 2.76 bits per heavy atom. The molecule has 0 saturated heterocycles. The molecule has 1 amide bonds. The normalized spacial score (nSPS) is 11.4. The van der Waals surface area contributed by atoms with Gasteiger partial charge in [0.2, 0.25) is 5.91 Å². The Morgan fingerprint density at radius 1 is 1.34 bits per heavy atom. The van der Waals surface area contributed by atoms with Gasteiger partial charge in [-0.15, -0.1) is 28.1 Å². The van der Waals surface area contributed by atoms with E-state index < -0.39 is 17.6 Å². The lowest BCUT2D eigenvalue weighted by Crippen LogP contribution is -2.18. The fraction of sp³-hybridized carbons (Fsp3) is 0.211. The van der Waals surface area contributed by atoms with Gasteiger partial charge in [-0.25, -0.2) is 0 Å². The van der Waals surface area contributed by atoms with Crippen LogP contribution >= 0.6 is 23.1 Å². The van der Waals surface area contributed by atoms with Crippen molar-refractivity contribution in [2.45, 2.75) is 24.8 Å². The van der Waals surface area contributed by atoms with Crippen LogP contribution in [-0.2, 0) is 17.5 Å². The number of nitrogens with one attached hydrogen (secondary N) is 1. The summed E-state index contributed by atoms with van der Waals surface area (Å²) >= 11 is 2.69. The van der Waals surface area contributed by atoms with Gasteiger partial charge in [0, 0.05) is 22.4 Å². The summed E-state index contributed by atoms with van der Waals surface area (Å²) in [4.78, 5) is 13.4. The number of thioether (sulfide) groups is 1. The molecular weight excluding hydrogens is 421 g/mol. The number of halogens is 3. The number of para-hydroxylation sites is 1. The van der Waals surface area contributed by atoms with Crippen molar-refractivity contribution in [3.8, 4) is 11.4 Å². The molecule has 2 aromatic heterocycles. The molecule has 0 unspecified atom stereocenters. The molecule has 0 bridgehead atoms. The minimum Gasteiger partial charge on any atom is -0.325 e. The Hall–Kier alpha value is -2.59. The molecule has 29 heavy (non-hydrogen) atoms. The van der Waals surface area contributed by atoms with E-state index in [1.54, 1.807) is 17.4 Å². The van der Waals surface area contributed by atoms with E-state index in [2.05, 4.69) is 22.1 Å². The molecule has 0 saturated carbocycles. The maximum atomic E-state index is 13.1. The number of hydrogen-bond acceptors (Lipinski definition) is 5. The first-order valence-electron chi connectivity index (χ1n) is 8.48. The Morgan fingerprint density at radius 2 is 2.10 bits per heavy atom. The zero-order valence-electron chi connectivity index (χ0n) is 15.4. The van der Waals surface area contributed by atoms with Gasteiger partial charge in [0.15, 0.2) is 11.0 Å². The van der Waals surface area contributed by atoms with Crippen molar-refractivity contribution in [3.63, 3.8) is 0 Å². The maximum absolute atomic E-state index is 13.1. The summed E-state index contributed by atoms with van der Waals surface area (Å²) in [7, 11) is 0. The van der Waals surface area contributed by atoms with Gasteiger partial charge in [-0.05, 0) is 25.1 Å². The molecule has 0 aliphatic heterocycles. The SMILES string of the molecule is C=CCn1c(SCC(=O)Nc2ccccc2C(F)(F)F)nnc1-c1csc(C)c1. The lowest BCUT2D eigenvalue weighted by Gasteiger charge is -2.13. The maximum Gasteiger partial charge on any atom is 0.418 e. The second-order valence-electron chi connectivity index (χ2n) is 6.03. The monoisotopic (exact) mass is 438 g/mol. The third-order valence-corrected chi connectivity index (χ3v) is 5.68. The summed E-state index contributed by atoms with van der Waals surface area (Å²) in [5.41, 5.74) is -0.242. The van der Waals surface area contributed by atoms with E-state index in [1.807, 2.05) is 22.9 Å². The van der Waals surface area contributed by atoms with Crippen LogP contribution in [-0.4, -0.2) is 26.4 Å². The first-order valence-corrected chi connectivity index (χ1v) is 10.3. The molecule has 0 radical (unpaired) electrons. The van der Waals surface area contributed by atoms with Crippen LogP contribution in [0.3, 0.4) is 0 Å². The zero-order chi connectivity index (χ0) is 21.0. The number of nitrogens with zero attached hydrogens (tertiary/aromatic N) is 3. The molecule has 0 aliphatic rings. The number of allylic oxidation sites excluding steroid dienone is 1. The number of rotatable bonds is 7. The third-order valence-electron chi connectivity index (χ3n) is 3.86. The predicted octanol–water partition coefficient (Wildman–Crippen LogP) is 5.25. The highest BCUT2D eigenvalue weighted by atomic mass is 32.2. The summed E-state index contributed by atoms with van der Waals surface area (Å²) in [5, 5.41) is 13.1. The summed E-state index contributed by atoms with van der Waals surface area (Å²) in [5.74, 6) is -0.0169. The third kappa shape index (κ3) is 5.07. The van der Waals surface area contributed by atoms with Crippen LogP contribution in [0.25, 0.3) is 11.4 Å². The highest BCUT2D eigenvalue weighted by molar-refractivity contribution is 7.99. The largest absolute Gasteiger partial charge is 0.418 e. The van der Waals surface area contributed by atoms with Crippen LogP contribution < -0.4 is 5.32 Å². The van der Waals surface area contributed by atoms with Crippen LogP contribution in [0.15, 0.2) is 53.5 Å². The number of alkyl halides is 3. The molecule has 3 aromatic rings. The fourth-order valence-corrected chi connectivity index (χ4v) is 4.05. The quantitative estimate of drug-likeness (QED) is 0.404. The number of hydrogen-bond donors (Lipinski definition) is 1. The molecule has 0 fully saturated rings. The number of thiophene rings is 1. The van der Waals surface area contributed by atoms with Gasteiger partial charge in [-0.1, -0.05) is 30.0 Å². The minimum absolute atomic E-state index is 0.107. The summed E-state index contributed by atoms with van der Waals surface area (Å²) < 4.78 is 41.0. The van der Waals surface area contributed by atoms with Crippen molar-refractivity contribution in [2.75, 3.05) is 11.1 Å². The Kier molecular flexibility index (Phi) is 6.43. The number of aryl methyl sites for hydroxylation is 1. The smallest absolute Gasteiger partial charge is 0.325 e. The molecule has 1 N–H and O–H groups in total. The predicted molar refractivity (Wildman–Crippen MR) is 109 cm³/mol. The number of carbonyl (C=O) groups excluding carboxylic acids is 1. The Balaban J connectivity index is 1.73. The van der Waals surface area contributed by atoms with E-state index in [4.69, 9.17) is 0 Å². The van der Waals surface area contributed by atoms with Crippen LogP contribution in [0.1, 0.15) is 10.4 Å². The van der Waals surface area contributed by atoms with Gasteiger partial charge in [-0.2, -0.15) is 13.2 Å². The zero-order valence-corrected chi connectivity index (χ0v) is 17.0. The molecule has 152 valence electrons. The van der Waals surface area contributed by atoms with Crippen LogP contribution in [0.4, 0.5) is 18.9 Å². The number of carbonyl (C=O) groups is 1. The molecular formula is C19H17F3N4OS2. The standard InChI is InChI=1S/C19H17F3N4OS2/c1-3-8-26-17(13-9-12(2)28-10-13)24-25-18(26)29-11-16(27)23-15-7-5-4-6-14(15)19(20,21)22/h3-7,9-10H,1,8,11H2,2H3,(H,23,27). The van der Waals surface area contributed by atoms with Gasteiger partial charge >= 0.3 is 6.18 Å². The lowest BCUT2D eigenvalue weighted by atomic mass is 10.1. The van der Waals surface area contributed by atoms with Crippen molar-refractivity contribution in [1.82, 2.24) is 14.8 Å². The van der Waals surface area contributed by atoms with Gasteiger partial charge in [0.25, 0.3) is 0 Å². The summed E-state index contributed by atoms with van der Waals surface area (Å²) in [6.45, 7) is 6.16. The topological polar surface area (TPSA) is 59.8 Å². The van der Waals surface area contributed by atoms with Crippen molar-refractivity contribution in [2.24, 2.45) is 0 Å². The lowest BCUT2D eigenvalue weighted by molar-refractivity contribution is -0.137. The van der Waals surface area contributed by atoms with Crippen LogP contribution in [0.5, 0.6) is 0 Å². The van der Waals surface area contributed by atoms with E-state index in [1.165, 1.54) is 18.2 Å². The van der Waals surface area contributed by atoms with E-state index in [-0.39, 0.29) is 11.4 Å². The molecule has 1 aromatic carbocycles. The second kappa shape index (κ2) is 8.83. The Labute approximate surface area is 173 Å². The molecule has 10 heteroatoms. The Bertz CT molecular complexity index is 1030. The highest BCUT2D eigenvalue weighted by Crippen LogP contribution is 2.34. The van der Waals surface area contributed by atoms with Gasteiger partial charge in [0.1, 0.15) is 0 Å². The van der Waals surface area contributed by atoms with Crippen molar-refractivity contribution >= 4 is 34.7 Å². The number of aromatic nitrogens is 3. The average Bonchev–Trinajstić information content (AvgIpc) is 3.26. The minimum atomic E-state index is -4.55. The molecule has 0 aliphatic carbocycles. The number of anilines is 1. The number of benzene rings is 1. The first-order chi connectivity index (χ1) is 13.8. The van der Waals surface area contributed by atoms with Crippen LogP contribution in [0, 0.1) is 6.92 Å². The van der Waals surface area contributed by atoms with E-state index >= 15 is 0 Å². The summed E-state index contributed by atoms with van der Waals surface area (Å²) in [6, 6.07) is 6.86. The first kappa shape index (κ1) is 21.1. The molecule has 2 heterocycles.